The summed E-state index contributed by atoms with van der Waals surface area (Å²) in [6.45, 7) is 0. The van der Waals surface area contributed by atoms with Crippen LogP contribution in [0.5, 0.6) is 0 Å². The minimum atomic E-state index is -0.459. The van der Waals surface area contributed by atoms with Crippen molar-refractivity contribution in [2.75, 3.05) is 0 Å². The Kier molecular flexibility index (Phi) is 11.7. The second-order valence-electron chi connectivity index (χ2n) is 1.35. The number of aromatic nitrogens is 2. The van der Waals surface area contributed by atoms with Crippen molar-refractivity contribution in [3.63, 3.8) is 0 Å². The summed E-state index contributed by atoms with van der Waals surface area (Å²) >= 11 is 0. The number of nitrogens with zero attached hydrogens (tertiary/aromatic N) is 1. The van der Waals surface area contributed by atoms with E-state index < -0.39 is 5.91 Å². The highest BCUT2D eigenvalue weighted by Crippen LogP contribution is 1.88. The summed E-state index contributed by atoms with van der Waals surface area (Å²) in [7, 11) is 0. The summed E-state index contributed by atoms with van der Waals surface area (Å²) in [4.78, 5) is 10.2. The standard InChI is InChI=1S/C4H5N3O.3ClH/c5-4(8)3-1-6-7-2-3;;;/h1-2H,(H2,5,8)(H,6,7);3*1H. The van der Waals surface area contributed by atoms with Crippen LogP contribution in [0.1, 0.15) is 10.4 Å². The van der Waals surface area contributed by atoms with Gasteiger partial charge in [0.05, 0.1) is 11.8 Å². The van der Waals surface area contributed by atoms with Crippen molar-refractivity contribution in [1.82, 2.24) is 10.2 Å². The number of nitrogens with two attached hydrogens (primary N) is 1. The van der Waals surface area contributed by atoms with E-state index in [-0.39, 0.29) is 37.2 Å². The van der Waals surface area contributed by atoms with Gasteiger partial charge >= 0.3 is 0 Å². The largest absolute Gasteiger partial charge is 0.366 e. The fourth-order valence-electron chi connectivity index (χ4n) is 0.386. The van der Waals surface area contributed by atoms with Gasteiger partial charge in [0.2, 0.25) is 0 Å². The first-order chi connectivity index (χ1) is 3.80. The normalized spacial score (nSPS) is 6.55. The zero-order valence-electron chi connectivity index (χ0n) is 5.31. The van der Waals surface area contributed by atoms with Gasteiger partial charge in [0, 0.05) is 6.20 Å². The number of amides is 1. The molecule has 0 fully saturated rings. The van der Waals surface area contributed by atoms with E-state index in [1.165, 1.54) is 12.4 Å². The highest BCUT2D eigenvalue weighted by atomic mass is 35.5. The average molecular weight is 220 g/mol. The van der Waals surface area contributed by atoms with E-state index in [0.29, 0.717) is 5.56 Å². The molecule has 1 heterocycles. The molecule has 3 N–H and O–H groups in total. The van der Waals surface area contributed by atoms with Gasteiger partial charge in [0.1, 0.15) is 0 Å². The molecule has 1 aromatic rings. The molecule has 0 aliphatic heterocycles. The summed E-state index contributed by atoms with van der Waals surface area (Å²) in [5.41, 5.74) is 5.27. The van der Waals surface area contributed by atoms with E-state index in [4.69, 9.17) is 5.73 Å². The van der Waals surface area contributed by atoms with Gasteiger partial charge < -0.3 is 5.73 Å². The quantitative estimate of drug-likeness (QED) is 0.734. The van der Waals surface area contributed by atoms with Crippen LogP contribution in [0.25, 0.3) is 0 Å². The van der Waals surface area contributed by atoms with Crippen molar-refractivity contribution in [2.45, 2.75) is 0 Å². The number of halogens is 3. The van der Waals surface area contributed by atoms with Gasteiger partial charge in [0.15, 0.2) is 0 Å². The summed E-state index contributed by atoms with van der Waals surface area (Å²) in [6.07, 6.45) is 2.82. The lowest BCUT2D eigenvalue weighted by Crippen LogP contribution is -2.09. The van der Waals surface area contributed by atoms with Crippen LogP contribution in [0.2, 0.25) is 0 Å². The van der Waals surface area contributed by atoms with Crippen molar-refractivity contribution in [3.05, 3.63) is 18.0 Å². The Balaban J connectivity index is -0.000000213. The van der Waals surface area contributed by atoms with Gasteiger partial charge in [-0.3, -0.25) is 9.89 Å². The lowest BCUT2D eigenvalue weighted by atomic mass is 10.4. The van der Waals surface area contributed by atoms with Crippen molar-refractivity contribution < 1.29 is 4.79 Å². The van der Waals surface area contributed by atoms with Gasteiger partial charge in [-0.2, -0.15) is 5.10 Å². The van der Waals surface area contributed by atoms with Crippen LogP contribution in [-0.4, -0.2) is 16.1 Å². The Morgan fingerprint density at radius 2 is 2.00 bits per heavy atom. The maximum atomic E-state index is 10.2. The van der Waals surface area contributed by atoms with Crippen LogP contribution >= 0.6 is 37.2 Å². The maximum absolute atomic E-state index is 10.2. The van der Waals surface area contributed by atoms with E-state index in [1.807, 2.05) is 0 Å². The molecule has 0 saturated heterocycles. The molecule has 0 aliphatic carbocycles. The molecule has 1 rings (SSSR count). The van der Waals surface area contributed by atoms with Gasteiger partial charge in [-0.05, 0) is 0 Å². The molecule has 11 heavy (non-hydrogen) atoms. The fourth-order valence-corrected chi connectivity index (χ4v) is 0.386. The molecule has 0 atom stereocenters. The number of primary amides is 1. The first-order valence-corrected chi connectivity index (χ1v) is 2.09. The average Bonchev–Trinajstić information content (AvgIpc) is 2.12. The molecule has 0 spiro atoms. The molecular weight excluding hydrogens is 212 g/mol. The summed E-state index contributed by atoms with van der Waals surface area (Å²) in [6, 6.07) is 0. The molecule has 1 aromatic heterocycles. The molecule has 0 aromatic carbocycles. The maximum Gasteiger partial charge on any atom is 0.251 e. The Labute approximate surface area is 82.2 Å². The number of aromatic amines is 1. The zero-order chi connectivity index (χ0) is 5.98. The molecule has 1 amide bonds. The van der Waals surface area contributed by atoms with Gasteiger partial charge in [-0.25, -0.2) is 0 Å². The monoisotopic (exact) mass is 219 g/mol. The van der Waals surface area contributed by atoms with E-state index in [0.717, 1.165) is 0 Å². The van der Waals surface area contributed by atoms with E-state index in [1.54, 1.807) is 0 Å². The molecular formula is C4H8Cl3N3O. The summed E-state index contributed by atoms with van der Waals surface area (Å²) < 4.78 is 0. The molecule has 0 unspecified atom stereocenters. The Hall–Kier alpha value is -0.450. The number of nitrogens with one attached hydrogen (secondary N) is 1. The van der Waals surface area contributed by atoms with Crippen LogP contribution in [-0.2, 0) is 0 Å². The van der Waals surface area contributed by atoms with Crippen molar-refractivity contribution in [2.24, 2.45) is 5.73 Å². The van der Waals surface area contributed by atoms with Crippen molar-refractivity contribution in [1.29, 1.82) is 0 Å². The SMILES string of the molecule is Cl.Cl.Cl.NC(=O)c1cn[nH]c1. The summed E-state index contributed by atoms with van der Waals surface area (Å²) in [5, 5.41) is 5.98. The number of hydrogen-bond donors (Lipinski definition) is 2. The van der Waals surface area contributed by atoms with Gasteiger partial charge in [-0.1, -0.05) is 0 Å². The first kappa shape index (κ1) is 16.9. The molecule has 4 nitrogen and oxygen atoms in total. The number of rotatable bonds is 1. The summed E-state index contributed by atoms with van der Waals surface area (Å²) in [5.74, 6) is -0.459. The molecule has 0 saturated carbocycles. The fraction of sp³-hybridized carbons (Fsp3) is 0. The Bertz CT molecular complexity index is 188. The lowest BCUT2D eigenvalue weighted by molar-refractivity contribution is 0.100. The molecule has 0 aliphatic rings. The number of hydrogen-bond acceptors (Lipinski definition) is 2. The second kappa shape index (κ2) is 7.65. The predicted molar refractivity (Wildman–Crippen MR) is 48.8 cm³/mol. The minimum Gasteiger partial charge on any atom is -0.366 e. The number of carbonyl (C=O) groups is 1. The van der Waals surface area contributed by atoms with Crippen LogP contribution in [0.4, 0.5) is 0 Å². The number of H-pyrrole nitrogens is 1. The van der Waals surface area contributed by atoms with Crippen LogP contribution in [0.3, 0.4) is 0 Å². The van der Waals surface area contributed by atoms with Crippen LogP contribution in [0.15, 0.2) is 12.4 Å². The second-order valence-corrected chi connectivity index (χ2v) is 1.35. The highest BCUT2D eigenvalue weighted by molar-refractivity contribution is 5.92. The highest BCUT2D eigenvalue weighted by Gasteiger charge is 1.96. The van der Waals surface area contributed by atoms with E-state index in [9.17, 15) is 4.79 Å². The first-order valence-electron chi connectivity index (χ1n) is 2.09. The van der Waals surface area contributed by atoms with Crippen LogP contribution in [0, 0.1) is 0 Å². The Morgan fingerprint density at radius 3 is 2.18 bits per heavy atom. The van der Waals surface area contributed by atoms with Crippen molar-refractivity contribution in [3.8, 4) is 0 Å². The van der Waals surface area contributed by atoms with E-state index in [2.05, 4.69) is 10.2 Å². The third-order valence-electron chi connectivity index (χ3n) is 0.783. The van der Waals surface area contributed by atoms with Gasteiger partial charge in [0.25, 0.3) is 5.91 Å². The Morgan fingerprint density at radius 1 is 1.45 bits per heavy atom. The molecule has 7 heteroatoms. The molecule has 0 bridgehead atoms. The third kappa shape index (κ3) is 4.89. The van der Waals surface area contributed by atoms with Gasteiger partial charge in [-0.15, -0.1) is 37.2 Å². The van der Waals surface area contributed by atoms with Crippen LogP contribution < -0.4 is 5.73 Å². The topological polar surface area (TPSA) is 71.8 Å². The smallest absolute Gasteiger partial charge is 0.251 e. The molecule has 0 radical (unpaired) electrons. The third-order valence-corrected chi connectivity index (χ3v) is 0.783. The van der Waals surface area contributed by atoms with Crippen molar-refractivity contribution >= 4 is 43.1 Å². The lowest BCUT2D eigenvalue weighted by Gasteiger charge is -1.78. The zero-order valence-corrected chi connectivity index (χ0v) is 7.76. The predicted octanol–water partition coefficient (Wildman–Crippen LogP) is 0.774. The number of carbonyl (C=O) groups excluding carboxylic acids is 1. The molecule has 66 valence electrons. The minimum absolute atomic E-state index is 0. The van der Waals surface area contributed by atoms with E-state index >= 15 is 0 Å².